The van der Waals surface area contributed by atoms with Gasteiger partial charge in [-0.3, -0.25) is 4.79 Å². The van der Waals surface area contributed by atoms with E-state index in [-0.39, 0.29) is 11.7 Å². The molecule has 0 unspecified atom stereocenters. The van der Waals surface area contributed by atoms with Crippen LogP contribution in [0.2, 0.25) is 0 Å². The summed E-state index contributed by atoms with van der Waals surface area (Å²) in [5, 5.41) is 6.20. The van der Waals surface area contributed by atoms with E-state index in [9.17, 15) is 9.18 Å². The second kappa shape index (κ2) is 5.95. The molecule has 1 saturated carbocycles. The average Bonchev–Trinajstić information content (AvgIpc) is 3.31. The molecule has 1 aliphatic carbocycles. The van der Waals surface area contributed by atoms with Crippen LogP contribution in [-0.2, 0) is 6.54 Å². The van der Waals surface area contributed by atoms with Crippen molar-refractivity contribution >= 4 is 11.6 Å². The minimum absolute atomic E-state index is 0.0115. The van der Waals surface area contributed by atoms with E-state index in [1.807, 2.05) is 24.3 Å². The minimum atomic E-state index is -0.232. The fraction of sp³-hybridized carbons (Fsp3) is 0.235. The molecule has 0 atom stereocenters. The molecule has 0 heterocycles. The smallest absolute Gasteiger partial charge is 0.251 e. The number of anilines is 1. The third-order valence-electron chi connectivity index (χ3n) is 3.47. The van der Waals surface area contributed by atoms with Crippen molar-refractivity contribution in [2.45, 2.75) is 25.4 Å². The number of hydrogen-bond donors (Lipinski definition) is 2. The molecule has 4 heteroatoms. The summed E-state index contributed by atoms with van der Waals surface area (Å²) in [6.45, 7) is 0.619. The second-order valence-electron chi connectivity index (χ2n) is 5.31. The van der Waals surface area contributed by atoms with Crippen LogP contribution in [0.25, 0.3) is 0 Å². The summed E-state index contributed by atoms with van der Waals surface area (Å²) < 4.78 is 12.8. The van der Waals surface area contributed by atoms with Crippen molar-refractivity contribution in [3.05, 3.63) is 65.5 Å². The standard InChI is InChI=1S/C17H17FN2O/c18-14-5-1-12(2-6-14)11-19-15-7-3-13(4-8-15)17(21)20-16-9-10-16/h1-8,16,19H,9-11H2,(H,20,21). The van der Waals surface area contributed by atoms with Crippen molar-refractivity contribution in [3.63, 3.8) is 0 Å². The molecule has 0 saturated heterocycles. The van der Waals surface area contributed by atoms with Gasteiger partial charge in [0, 0.05) is 23.8 Å². The van der Waals surface area contributed by atoms with Crippen molar-refractivity contribution in [1.29, 1.82) is 0 Å². The van der Waals surface area contributed by atoms with Gasteiger partial charge in [0.1, 0.15) is 5.82 Å². The summed E-state index contributed by atoms with van der Waals surface area (Å²) in [5.74, 6) is -0.243. The number of amides is 1. The molecule has 0 aliphatic heterocycles. The zero-order chi connectivity index (χ0) is 14.7. The van der Waals surface area contributed by atoms with Gasteiger partial charge in [-0.15, -0.1) is 0 Å². The third-order valence-corrected chi connectivity index (χ3v) is 3.47. The lowest BCUT2D eigenvalue weighted by atomic mass is 10.1. The molecular weight excluding hydrogens is 267 g/mol. The predicted molar refractivity (Wildman–Crippen MR) is 80.7 cm³/mol. The first kappa shape index (κ1) is 13.6. The quantitative estimate of drug-likeness (QED) is 0.884. The zero-order valence-electron chi connectivity index (χ0n) is 11.6. The van der Waals surface area contributed by atoms with E-state index in [4.69, 9.17) is 0 Å². The van der Waals surface area contributed by atoms with Gasteiger partial charge < -0.3 is 10.6 Å². The fourth-order valence-corrected chi connectivity index (χ4v) is 2.04. The van der Waals surface area contributed by atoms with E-state index in [1.165, 1.54) is 12.1 Å². The zero-order valence-corrected chi connectivity index (χ0v) is 11.6. The number of halogens is 1. The molecule has 1 fully saturated rings. The van der Waals surface area contributed by atoms with E-state index < -0.39 is 0 Å². The van der Waals surface area contributed by atoms with E-state index in [0.717, 1.165) is 24.1 Å². The molecule has 1 aliphatic rings. The van der Waals surface area contributed by atoms with E-state index in [2.05, 4.69) is 10.6 Å². The van der Waals surface area contributed by atoms with Crippen molar-refractivity contribution in [2.24, 2.45) is 0 Å². The predicted octanol–water partition coefficient (Wildman–Crippen LogP) is 3.33. The Morgan fingerprint density at radius 1 is 1.05 bits per heavy atom. The molecule has 108 valence electrons. The second-order valence-corrected chi connectivity index (χ2v) is 5.31. The largest absolute Gasteiger partial charge is 0.381 e. The Labute approximate surface area is 123 Å². The van der Waals surface area contributed by atoms with Crippen LogP contribution in [-0.4, -0.2) is 11.9 Å². The summed E-state index contributed by atoms with van der Waals surface area (Å²) in [6, 6.07) is 14.1. The summed E-state index contributed by atoms with van der Waals surface area (Å²) in [5.41, 5.74) is 2.61. The van der Waals surface area contributed by atoms with Gasteiger partial charge in [0.2, 0.25) is 0 Å². The van der Waals surface area contributed by atoms with Crippen LogP contribution in [0.4, 0.5) is 10.1 Å². The average molecular weight is 284 g/mol. The van der Waals surface area contributed by atoms with Crippen molar-refractivity contribution in [2.75, 3.05) is 5.32 Å². The van der Waals surface area contributed by atoms with Crippen molar-refractivity contribution in [1.82, 2.24) is 5.32 Å². The first-order valence-electron chi connectivity index (χ1n) is 7.10. The SMILES string of the molecule is O=C(NC1CC1)c1ccc(NCc2ccc(F)cc2)cc1. The molecule has 2 N–H and O–H groups in total. The van der Waals surface area contributed by atoms with Crippen LogP contribution in [0.5, 0.6) is 0 Å². The van der Waals surface area contributed by atoms with Crippen LogP contribution in [0.1, 0.15) is 28.8 Å². The van der Waals surface area contributed by atoms with E-state index >= 15 is 0 Å². The number of rotatable bonds is 5. The Bertz CT molecular complexity index is 618. The van der Waals surface area contributed by atoms with Gasteiger partial charge in [-0.05, 0) is 54.8 Å². The van der Waals surface area contributed by atoms with Crippen LogP contribution in [0, 0.1) is 5.82 Å². The topological polar surface area (TPSA) is 41.1 Å². The van der Waals surface area contributed by atoms with Gasteiger partial charge in [0.05, 0.1) is 0 Å². The van der Waals surface area contributed by atoms with Gasteiger partial charge in [-0.25, -0.2) is 4.39 Å². The maximum Gasteiger partial charge on any atom is 0.251 e. The van der Waals surface area contributed by atoms with Gasteiger partial charge in [0.15, 0.2) is 0 Å². The first-order valence-corrected chi connectivity index (χ1v) is 7.10. The number of benzene rings is 2. The Hall–Kier alpha value is -2.36. The highest BCUT2D eigenvalue weighted by Crippen LogP contribution is 2.19. The van der Waals surface area contributed by atoms with Gasteiger partial charge in [-0.2, -0.15) is 0 Å². The molecule has 3 nitrogen and oxygen atoms in total. The lowest BCUT2D eigenvalue weighted by Gasteiger charge is -2.08. The maximum absolute atomic E-state index is 12.8. The molecule has 0 spiro atoms. The van der Waals surface area contributed by atoms with Crippen LogP contribution < -0.4 is 10.6 Å². The summed E-state index contributed by atoms with van der Waals surface area (Å²) in [4.78, 5) is 11.9. The summed E-state index contributed by atoms with van der Waals surface area (Å²) in [6.07, 6.45) is 2.17. The third kappa shape index (κ3) is 3.81. The molecule has 2 aromatic carbocycles. The maximum atomic E-state index is 12.8. The Balaban J connectivity index is 1.56. The van der Waals surface area contributed by atoms with Crippen LogP contribution >= 0.6 is 0 Å². The van der Waals surface area contributed by atoms with E-state index in [1.54, 1.807) is 12.1 Å². The highest BCUT2D eigenvalue weighted by molar-refractivity contribution is 5.94. The van der Waals surface area contributed by atoms with Gasteiger partial charge >= 0.3 is 0 Å². The number of carbonyl (C=O) groups excluding carboxylic acids is 1. The molecule has 0 aromatic heterocycles. The molecule has 1 amide bonds. The Morgan fingerprint density at radius 2 is 1.71 bits per heavy atom. The Morgan fingerprint density at radius 3 is 2.33 bits per heavy atom. The number of carbonyl (C=O) groups is 1. The van der Waals surface area contributed by atoms with Gasteiger partial charge in [-0.1, -0.05) is 12.1 Å². The summed E-state index contributed by atoms with van der Waals surface area (Å²) >= 11 is 0. The molecule has 0 bridgehead atoms. The highest BCUT2D eigenvalue weighted by atomic mass is 19.1. The molecular formula is C17H17FN2O. The van der Waals surface area contributed by atoms with Crippen LogP contribution in [0.3, 0.4) is 0 Å². The Kier molecular flexibility index (Phi) is 3.86. The molecule has 0 radical (unpaired) electrons. The lowest BCUT2D eigenvalue weighted by molar-refractivity contribution is 0.0951. The minimum Gasteiger partial charge on any atom is -0.381 e. The molecule has 2 aromatic rings. The van der Waals surface area contributed by atoms with Gasteiger partial charge in [0.25, 0.3) is 5.91 Å². The summed E-state index contributed by atoms with van der Waals surface area (Å²) in [7, 11) is 0. The molecule has 3 rings (SSSR count). The van der Waals surface area contributed by atoms with Crippen molar-refractivity contribution < 1.29 is 9.18 Å². The first-order chi connectivity index (χ1) is 10.2. The fourth-order valence-electron chi connectivity index (χ4n) is 2.04. The van der Waals surface area contributed by atoms with E-state index in [0.29, 0.717) is 18.2 Å². The van der Waals surface area contributed by atoms with Crippen molar-refractivity contribution in [3.8, 4) is 0 Å². The normalized spacial score (nSPS) is 13.8. The highest BCUT2D eigenvalue weighted by Gasteiger charge is 2.23. The molecule has 21 heavy (non-hydrogen) atoms. The lowest BCUT2D eigenvalue weighted by Crippen LogP contribution is -2.25. The number of nitrogens with one attached hydrogen (secondary N) is 2. The van der Waals surface area contributed by atoms with Crippen LogP contribution in [0.15, 0.2) is 48.5 Å². The monoisotopic (exact) mass is 284 g/mol. The number of hydrogen-bond acceptors (Lipinski definition) is 2.